The second kappa shape index (κ2) is 6.22. The van der Waals surface area contributed by atoms with E-state index >= 15 is 0 Å². The number of hydrogen-bond donors (Lipinski definition) is 1. The molecule has 2 nitrogen and oxygen atoms in total. The SMILES string of the molecule is Cc1cc([C@@H](C)O)ccc1OCc1cccc(Br)c1. The first-order chi connectivity index (χ1) is 9.06. The van der Waals surface area contributed by atoms with E-state index in [4.69, 9.17) is 4.74 Å². The molecular weight excluding hydrogens is 304 g/mol. The van der Waals surface area contributed by atoms with Crippen molar-refractivity contribution in [1.82, 2.24) is 0 Å². The van der Waals surface area contributed by atoms with Gasteiger partial charge in [-0.25, -0.2) is 0 Å². The van der Waals surface area contributed by atoms with Crippen LogP contribution in [-0.2, 0) is 6.61 Å². The standard InChI is InChI=1S/C16H17BrO2/c1-11-8-14(12(2)18)6-7-16(11)19-10-13-4-3-5-15(17)9-13/h3-9,12,18H,10H2,1-2H3/t12-/m1/s1. The molecule has 0 aliphatic carbocycles. The smallest absolute Gasteiger partial charge is 0.122 e. The molecule has 1 N–H and O–H groups in total. The molecule has 0 aromatic heterocycles. The van der Waals surface area contributed by atoms with Crippen molar-refractivity contribution < 1.29 is 9.84 Å². The molecule has 0 aliphatic rings. The Kier molecular flexibility index (Phi) is 4.61. The van der Waals surface area contributed by atoms with E-state index in [2.05, 4.69) is 15.9 Å². The van der Waals surface area contributed by atoms with E-state index in [9.17, 15) is 5.11 Å². The summed E-state index contributed by atoms with van der Waals surface area (Å²) in [7, 11) is 0. The Bertz CT molecular complexity index is 564. The van der Waals surface area contributed by atoms with Gasteiger partial charge < -0.3 is 9.84 Å². The van der Waals surface area contributed by atoms with Crippen molar-refractivity contribution in [3.63, 3.8) is 0 Å². The summed E-state index contributed by atoms with van der Waals surface area (Å²) in [6, 6.07) is 13.8. The van der Waals surface area contributed by atoms with Crippen molar-refractivity contribution in [3.8, 4) is 5.75 Å². The van der Waals surface area contributed by atoms with Gasteiger partial charge in [-0.05, 0) is 54.8 Å². The highest BCUT2D eigenvalue weighted by Crippen LogP contribution is 2.23. The zero-order chi connectivity index (χ0) is 13.8. The van der Waals surface area contributed by atoms with Crippen molar-refractivity contribution in [2.75, 3.05) is 0 Å². The molecule has 0 fully saturated rings. The molecule has 0 saturated carbocycles. The lowest BCUT2D eigenvalue weighted by atomic mass is 10.1. The van der Waals surface area contributed by atoms with Crippen LogP contribution < -0.4 is 4.74 Å². The fourth-order valence-electron chi connectivity index (χ4n) is 1.88. The van der Waals surface area contributed by atoms with Crippen LogP contribution in [-0.4, -0.2) is 5.11 Å². The Hall–Kier alpha value is -1.32. The minimum atomic E-state index is -0.446. The molecule has 19 heavy (non-hydrogen) atoms. The molecule has 1 atom stereocenters. The van der Waals surface area contributed by atoms with Gasteiger partial charge >= 0.3 is 0 Å². The number of rotatable bonds is 4. The second-order valence-electron chi connectivity index (χ2n) is 4.62. The summed E-state index contributed by atoms with van der Waals surface area (Å²) in [5.41, 5.74) is 3.06. The van der Waals surface area contributed by atoms with E-state index in [0.29, 0.717) is 6.61 Å². The van der Waals surface area contributed by atoms with Gasteiger partial charge in [0.25, 0.3) is 0 Å². The lowest BCUT2D eigenvalue weighted by Gasteiger charge is -2.12. The van der Waals surface area contributed by atoms with Crippen LogP contribution in [0.4, 0.5) is 0 Å². The third-order valence-electron chi connectivity index (χ3n) is 2.96. The number of halogens is 1. The summed E-state index contributed by atoms with van der Waals surface area (Å²) >= 11 is 3.44. The fraction of sp³-hybridized carbons (Fsp3) is 0.250. The predicted octanol–water partition coefficient (Wildman–Crippen LogP) is 4.39. The van der Waals surface area contributed by atoms with Crippen LogP contribution in [0.25, 0.3) is 0 Å². The van der Waals surface area contributed by atoms with Gasteiger partial charge in [-0.3, -0.25) is 0 Å². The van der Waals surface area contributed by atoms with E-state index < -0.39 is 6.10 Å². The number of aliphatic hydroxyl groups excluding tert-OH is 1. The summed E-state index contributed by atoms with van der Waals surface area (Å²) in [4.78, 5) is 0. The van der Waals surface area contributed by atoms with E-state index in [0.717, 1.165) is 26.9 Å². The minimum absolute atomic E-state index is 0.446. The average molecular weight is 321 g/mol. The molecular formula is C16H17BrO2. The molecule has 100 valence electrons. The third-order valence-corrected chi connectivity index (χ3v) is 3.46. The summed E-state index contributed by atoms with van der Waals surface area (Å²) in [6.45, 7) is 4.28. The molecule has 0 saturated heterocycles. The van der Waals surface area contributed by atoms with Gasteiger partial charge in [-0.2, -0.15) is 0 Å². The number of hydrogen-bond acceptors (Lipinski definition) is 2. The Morgan fingerprint density at radius 2 is 2.00 bits per heavy atom. The highest BCUT2D eigenvalue weighted by Gasteiger charge is 2.05. The molecule has 0 spiro atoms. The van der Waals surface area contributed by atoms with Crippen LogP contribution in [0.1, 0.15) is 29.7 Å². The van der Waals surface area contributed by atoms with Gasteiger partial charge in [0.15, 0.2) is 0 Å². The molecule has 0 bridgehead atoms. The minimum Gasteiger partial charge on any atom is -0.489 e. The maximum Gasteiger partial charge on any atom is 0.122 e. The largest absolute Gasteiger partial charge is 0.489 e. The van der Waals surface area contributed by atoms with Crippen molar-refractivity contribution in [2.45, 2.75) is 26.6 Å². The van der Waals surface area contributed by atoms with Crippen LogP contribution in [0, 0.1) is 6.92 Å². The fourth-order valence-corrected chi connectivity index (χ4v) is 2.33. The van der Waals surface area contributed by atoms with Gasteiger partial charge in [0.05, 0.1) is 6.10 Å². The van der Waals surface area contributed by atoms with Gasteiger partial charge in [0.2, 0.25) is 0 Å². The number of aryl methyl sites for hydroxylation is 1. The maximum absolute atomic E-state index is 9.53. The zero-order valence-electron chi connectivity index (χ0n) is 11.1. The highest BCUT2D eigenvalue weighted by molar-refractivity contribution is 9.10. The Morgan fingerprint density at radius 3 is 2.63 bits per heavy atom. The van der Waals surface area contributed by atoms with E-state index in [1.165, 1.54) is 0 Å². The van der Waals surface area contributed by atoms with Crippen LogP contribution in [0.3, 0.4) is 0 Å². The van der Waals surface area contributed by atoms with Crippen LogP contribution in [0.5, 0.6) is 5.75 Å². The van der Waals surface area contributed by atoms with Gasteiger partial charge in [-0.15, -0.1) is 0 Å². The van der Waals surface area contributed by atoms with Crippen molar-refractivity contribution in [3.05, 3.63) is 63.6 Å². The van der Waals surface area contributed by atoms with E-state index in [1.807, 2.05) is 49.4 Å². The Balaban J connectivity index is 2.07. The van der Waals surface area contributed by atoms with Crippen LogP contribution >= 0.6 is 15.9 Å². The number of ether oxygens (including phenoxy) is 1. The highest BCUT2D eigenvalue weighted by atomic mass is 79.9. The molecule has 3 heteroatoms. The van der Waals surface area contributed by atoms with Crippen molar-refractivity contribution >= 4 is 15.9 Å². The first kappa shape index (κ1) is 14.1. The third kappa shape index (κ3) is 3.82. The lowest BCUT2D eigenvalue weighted by molar-refractivity contribution is 0.199. The first-order valence-electron chi connectivity index (χ1n) is 6.22. The summed E-state index contributed by atoms with van der Waals surface area (Å²) in [6.07, 6.45) is -0.446. The summed E-state index contributed by atoms with van der Waals surface area (Å²) in [5, 5.41) is 9.53. The lowest BCUT2D eigenvalue weighted by Crippen LogP contribution is -1.98. The summed E-state index contributed by atoms with van der Waals surface area (Å²) < 4.78 is 6.86. The molecule has 0 aliphatic heterocycles. The topological polar surface area (TPSA) is 29.5 Å². The predicted molar refractivity (Wildman–Crippen MR) is 80.3 cm³/mol. The molecule has 2 aromatic carbocycles. The monoisotopic (exact) mass is 320 g/mol. The van der Waals surface area contributed by atoms with Crippen molar-refractivity contribution in [2.24, 2.45) is 0 Å². The molecule has 2 rings (SSSR count). The Labute approximate surface area is 122 Å². The molecule has 0 radical (unpaired) electrons. The molecule has 0 unspecified atom stereocenters. The number of benzene rings is 2. The van der Waals surface area contributed by atoms with Gasteiger partial charge in [0.1, 0.15) is 12.4 Å². The van der Waals surface area contributed by atoms with Crippen LogP contribution in [0.15, 0.2) is 46.9 Å². The second-order valence-corrected chi connectivity index (χ2v) is 5.54. The molecule has 0 amide bonds. The Morgan fingerprint density at radius 1 is 1.21 bits per heavy atom. The summed E-state index contributed by atoms with van der Waals surface area (Å²) in [5.74, 6) is 0.851. The van der Waals surface area contributed by atoms with E-state index in [1.54, 1.807) is 6.92 Å². The number of aliphatic hydroxyl groups is 1. The van der Waals surface area contributed by atoms with Crippen molar-refractivity contribution in [1.29, 1.82) is 0 Å². The van der Waals surface area contributed by atoms with Gasteiger partial charge in [0, 0.05) is 4.47 Å². The maximum atomic E-state index is 9.53. The first-order valence-corrected chi connectivity index (χ1v) is 7.01. The quantitative estimate of drug-likeness (QED) is 0.905. The van der Waals surface area contributed by atoms with E-state index in [-0.39, 0.29) is 0 Å². The molecule has 2 aromatic rings. The van der Waals surface area contributed by atoms with Crippen LogP contribution in [0.2, 0.25) is 0 Å². The zero-order valence-corrected chi connectivity index (χ0v) is 12.6. The molecule has 0 heterocycles. The average Bonchev–Trinajstić information content (AvgIpc) is 2.37. The normalized spacial score (nSPS) is 12.2. The van der Waals surface area contributed by atoms with Gasteiger partial charge in [-0.1, -0.05) is 34.1 Å².